The minimum absolute atomic E-state index is 0.0362. The summed E-state index contributed by atoms with van der Waals surface area (Å²) in [5.41, 5.74) is 2.04. The molecular weight excluding hydrogens is 368 g/mol. The lowest BCUT2D eigenvalue weighted by Gasteiger charge is -2.35. The summed E-state index contributed by atoms with van der Waals surface area (Å²) in [6, 6.07) is 13.1. The van der Waals surface area contributed by atoms with Crippen molar-refractivity contribution < 1.29 is 4.79 Å². The summed E-state index contributed by atoms with van der Waals surface area (Å²) >= 11 is 0. The predicted octanol–water partition coefficient (Wildman–Crippen LogP) is 1.44. The number of aryl methyl sites for hydroxylation is 1. The third kappa shape index (κ3) is 3.47. The van der Waals surface area contributed by atoms with Crippen LogP contribution in [0.2, 0.25) is 0 Å². The zero-order chi connectivity index (χ0) is 20.4. The van der Waals surface area contributed by atoms with Crippen LogP contribution in [0, 0.1) is 11.3 Å². The van der Waals surface area contributed by atoms with Crippen LogP contribution in [0.25, 0.3) is 11.0 Å². The van der Waals surface area contributed by atoms with Crippen molar-refractivity contribution in [3.63, 3.8) is 0 Å². The Morgan fingerprint density at radius 2 is 1.79 bits per heavy atom. The Morgan fingerprint density at radius 3 is 2.45 bits per heavy atom. The fraction of sp³-hybridized carbons (Fsp3) is 0.333. The second-order valence-electron chi connectivity index (χ2n) is 6.98. The fourth-order valence-corrected chi connectivity index (χ4v) is 3.81. The van der Waals surface area contributed by atoms with Gasteiger partial charge in [0.05, 0.1) is 22.7 Å². The zero-order valence-corrected chi connectivity index (χ0v) is 16.3. The summed E-state index contributed by atoms with van der Waals surface area (Å²) in [5, 5.41) is 9.05. The van der Waals surface area contributed by atoms with E-state index in [0.29, 0.717) is 38.3 Å². The van der Waals surface area contributed by atoms with Gasteiger partial charge in [-0.15, -0.1) is 0 Å². The van der Waals surface area contributed by atoms with E-state index >= 15 is 0 Å². The molecule has 1 aliphatic rings. The Labute approximate surface area is 168 Å². The van der Waals surface area contributed by atoms with Gasteiger partial charge in [-0.05, 0) is 31.2 Å². The number of rotatable bonds is 4. The van der Waals surface area contributed by atoms with Gasteiger partial charge >= 0.3 is 5.69 Å². The van der Waals surface area contributed by atoms with E-state index in [4.69, 9.17) is 5.26 Å². The molecule has 1 amide bonds. The second-order valence-corrected chi connectivity index (χ2v) is 6.98. The first-order valence-electron chi connectivity index (χ1n) is 9.69. The van der Waals surface area contributed by atoms with Crippen LogP contribution < -0.4 is 10.6 Å². The van der Waals surface area contributed by atoms with Crippen LogP contribution in [0.3, 0.4) is 0 Å². The number of hydrogen-bond acceptors (Lipinski definition) is 5. The highest BCUT2D eigenvalue weighted by atomic mass is 16.2. The third-order valence-corrected chi connectivity index (χ3v) is 5.37. The molecule has 148 valence electrons. The smallest absolute Gasteiger partial charge is 0.329 e. The number of benzene rings is 1. The maximum Gasteiger partial charge on any atom is 0.329 e. The molecular formula is C21H22N6O2. The number of pyridine rings is 1. The van der Waals surface area contributed by atoms with E-state index in [1.165, 1.54) is 0 Å². The lowest BCUT2D eigenvalue weighted by molar-refractivity contribution is -0.132. The van der Waals surface area contributed by atoms with Crippen molar-refractivity contribution in [3.8, 4) is 6.07 Å². The maximum absolute atomic E-state index is 12.9. The van der Waals surface area contributed by atoms with Crippen LogP contribution in [0.4, 0.5) is 5.82 Å². The lowest BCUT2D eigenvalue weighted by Crippen LogP contribution is -2.50. The molecule has 0 spiro atoms. The van der Waals surface area contributed by atoms with Crippen LogP contribution in [0.5, 0.6) is 0 Å². The largest absolute Gasteiger partial charge is 0.353 e. The molecule has 2 aromatic heterocycles. The summed E-state index contributed by atoms with van der Waals surface area (Å²) in [5.74, 6) is 0.683. The molecule has 8 heteroatoms. The number of nitrogens with zero attached hydrogens (tertiary/aromatic N) is 6. The quantitative estimate of drug-likeness (QED) is 0.673. The van der Waals surface area contributed by atoms with Gasteiger partial charge in [0.2, 0.25) is 5.91 Å². The fourth-order valence-electron chi connectivity index (χ4n) is 3.81. The van der Waals surface area contributed by atoms with Crippen molar-refractivity contribution in [3.05, 3.63) is 58.6 Å². The zero-order valence-electron chi connectivity index (χ0n) is 16.3. The van der Waals surface area contributed by atoms with Crippen LogP contribution in [0.1, 0.15) is 12.5 Å². The van der Waals surface area contributed by atoms with Crippen molar-refractivity contribution in [1.82, 2.24) is 19.0 Å². The minimum atomic E-state index is -0.154. The number of hydrogen-bond donors (Lipinski definition) is 0. The van der Waals surface area contributed by atoms with Crippen LogP contribution in [-0.2, 0) is 17.9 Å². The topological polar surface area (TPSA) is 87.2 Å². The molecule has 0 unspecified atom stereocenters. The number of carbonyl (C=O) groups is 1. The first-order chi connectivity index (χ1) is 14.1. The van der Waals surface area contributed by atoms with E-state index in [9.17, 15) is 9.59 Å². The number of para-hydroxylation sites is 2. The Morgan fingerprint density at radius 1 is 1.10 bits per heavy atom. The van der Waals surface area contributed by atoms with Gasteiger partial charge in [-0.2, -0.15) is 5.26 Å². The average molecular weight is 390 g/mol. The van der Waals surface area contributed by atoms with Crippen molar-refractivity contribution in [2.24, 2.45) is 0 Å². The van der Waals surface area contributed by atoms with Crippen molar-refractivity contribution in [1.29, 1.82) is 5.26 Å². The minimum Gasteiger partial charge on any atom is -0.353 e. The van der Waals surface area contributed by atoms with Gasteiger partial charge in [-0.3, -0.25) is 13.9 Å². The number of nitriles is 1. The van der Waals surface area contributed by atoms with E-state index in [-0.39, 0.29) is 18.1 Å². The van der Waals surface area contributed by atoms with Gasteiger partial charge in [0.25, 0.3) is 0 Å². The van der Waals surface area contributed by atoms with E-state index in [1.54, 1.807) is 32.4 Å². The number of anilines is 1. The predicted molar refractivity (Wildman–Crippen MR) is 110 cm³/mol. The van der Waals surface area contributed by atoms with E-state index in [0.717, 1.165) is 16.9 Å². The Hall–Kier alpha value is -3.60. The molecule has 0 bridgehead atoms. The number of fused-ring (bicyclic) bond motifs is 1. The monoisotopic (exact) mass is 390 g/mol. The molecule has 0 radical (unpaired) electrons. The number of imidazole rings is 1. The molecule has 3 aromatic rings. The van der Waals surface area contributed by atoms with Gasteiger partial charge in [-0.25, -0.2) is 9.78 Å². The standard InChI is InChI=1S/C21H22N6O2/c1-2-26-17-5-3-4-6-18(17)27(21(26)29)15-20(28)25-11-9-24(10-12-25)19-13-16(14-22)7-8-23-19/h3-8,13H,2,9-12,15H2,1H3. The molecule has 0 atom stereocenters. The molecule has 3 heterocycles. The molecule has 0 aliphatic carbocycles. The molecule has 0 N–H and O–H groups in total. The Balaban J connectivity index is 1.47. The second kappa shape index (κ2) is 7.80. The summed E-state index contributed by atoms with van der Waals surface area (Å²) in [7, 11) is 0. The van der Waals surface area contributed by atoms with Crippen molar-refractivity contribution >= 4 is 22.8 Å². The average Bonchev–Trinajstić information content (AvgIpc) is 3.04. The molecule has 1 saturated heterocycles. The summed E-state index contributed by atoms with van der Waals surface area (Å²) in [4.78, 5) is 33.8. The highest BCUT2D eigenvalue weighted by molar-refractivity contribution is 5.81. The van der Waals surface area contributed by atoms with Gasteiger partial charge in [0, 0.05) is 38.9 Å². The van der Waals surface area contributed by atoms with Gasteiger partial charge in [0.15, 0.2) is 0 Å². The molecule has 8 nitrogen and oxygen atoms in total. The summed E-state index contributed by atoms with van der Waals surface area (Å²) < 4.78 is 3.25. The number of aromatic nitrogens is 3. The highest BCUT2D eigenvalue weighted by Crippen LogP contribution is 2.16. The molecule has 1 aliphatic heterocycles. The molecule has 0 saturated carbocycles. The first-order valence-corrected chi connectivity index (χ1v) is 9.69. The molecule has 1 fully saturated rings. The van der Waals surface area contributed by atoms with Gasteiger partial charge < -0.3 is 9.80 Å². The van der Waals surface area contributed by atoms with Crippen LogP contribution in [-0.4, -0.2) is 51.1 Å². The van der Waals surface area contributed by atoms with E-state index in [1.807, 2.05) is 31.2 Å². The number of amides is 1. The Bertz CT molecular complexity index is 1150. The molecule has 1 aromatic carbocycles. The molecule has 29 heavy (non-hydrogen) atoms. The van der Waals surface area contributed by atoms with E-state index < -0.39 is 0 Å². The number of piperazine rings is 1. The van der Waals surface area contributed by atoms with Crippen LogP contribution >= 0.6 is 0 Å². The van der Waals surface area contributed by atoms with E-state index in [2.05, 4.69) is 16.0 Å². The van der Waals surface area contributed by atoms with Gasteiger partial charge in [-0.1, -0.05) is 12.1 Å². The van der Waals surface area contributed by atoms with Crippen molar-refractivity contribution in [2.45, 2.75) is 20.0 Å². The van der Waals surface area contributed by atoms with Crippen LogP contribution in [0.15, 0.2) is 47.4 Å². The number of carbonyl (C=O) groups excluding carboxylic acids is 1. The molecule has 4 rings (SSSR count). The maximum atomic E-state index is 12.9. The Kier molecular flexibility index (Phi) is 5.04. The normalized spacial score (nSPS) is 14.2. The lowest BCUT2D eigenvalue weighted by atomic mass is 10.2. The van der Waals surface area contributed by atoms with Crippen molar-refractivity contribution in [2.75, 3.05) is 31.1 Å². The highest BCUT2D eigenvalue weighted by Gasteiger charge is 2.24. The summed E-state index contributed by atoms with van der Waals surface area (Å²) in [6.45, 7) is 4.91. The first kappa shape index (κ1) is 18.7. The van der Waals surface area contributed by atoms with Gasteiger partial charge in [0.1, 0.15) is 12.4 Å². The third-order valence-electron chi connectivity index (χ3n) is 5.37. The SMILES string of the molecule is CCn1c(=O)n(CC(=O)N2CCN(c3cc(C#N)ccn3)CC2)c2ccccc21. The summed E-state index contributed by atoms with van der Waals surface area (Å²) in [6.07, 6.45) is 1.63.